The molecule has 20 heavy (non-hydrogen) atoms. The lowest BCUT2D eigenvalue weighted by Gasteiger charge is -2.11. The van der Waals surface area contributed by atoms with Crippen molar-refractivity contribution in [3.8, 4) is 17.0 Å². The Morgan fingerprint density at radius 2 is 1.75 bits per heavy atom. The molecule has 0 unspecified atom stereocenters. The van der Waals surface area contributed by atoms with Gasteiger partial charge in [-0.15, -0.1) is 5.10 Å². The van der Waals surface area contributed by atoms with Gasteiger partial charge in [0.05, 0.1) is 25.5 Å². The van der Waals surface area contributed by atoms with Crippen molar-refractivity contribution in [3.63, 3.8) is 0 Å². The molecule has 0 amide bonds. The highest BCUT2D eigenvalue weighted by Crippen LogP contribution is 2.31. The van der Waals surface area contributed by atoms with Crippen molar-refractivity contribution in [2.45, 2.75) is 13.8 Å². The lowest BCUT2D eigenvalue weighted by molar-refractivity contribution is 0.0601. The van der Waals surface area contributed by atoms with Gasteiger partial charge < -0.3 is 9.47 Å². The predicted octanol–water partition coefficient (Wildman–Crippen LogP) is 1.95. The predicted molar refractivity (Wildman–Crippen MR) is 72.6 cm³/mol. The summed E-state index contributed by atoms with van der Waals surface area (Å²) in [5, 5.41) is 7.93. The van der Waals surface area contributed by atoms with Crippen LogP contribution in [0.3, 0.4) is 0 Å². The molecule has 2 aromatic rings. The normalized spacial score (nSPS) is 10.2. The molecule has 0 aliphatic heterocycles. The molecule has 0 N–H and O–H groups in total. The van der Waals surface area contributed by atoms with Crippen molar-refractivity contribution >= 4 is 5.97 Å². The largest absolute Gasteiger partial charge is 0.479 e. The van der Waals surface area contributed by atoms with E-state index in [1.807, 2.05) is 19.9 Å². The van der Waals surface area contributed by atoms with Crippen molar-refractivity contribution in [1.29, 1.82) is 0 Å². The van der Waals surface area contributed by atoms with Crippen molar-refractivity contribution in [3.05, 3.63) is 35.3 Å². The number of methoxy groups -OCH3 is 2. The van der Waals surface area contributed by atoms with E-state index in [0.717, 1.165) is 11.4 Å². The molecule has 104 valence electrons. The van der Waals surface area contributed by atoms with E-state index < -0.39 is 5.97 Å². The molecule has 2 heterocycles. The van der Waals surface area contributed by atoms with E-state index in [1.165, 1.54) is 20.4 Å². The van der Waals surface area contributed by atoms with Crippen LogP contribution in [0.1, 0.15) is 21.7 Å². The number of ether oxygens (including phenoxy) is 2. The number of carbonyl (C=O) groups is 1. The average Bonchev–Trinajstić information content (AvgIpc) is 2.46. The van der Waals surface area contributed by atoms with Crippen LogP contribution in [0.2, 0.25) is 0 Å². The highest BCUT2D eigenvalue weighted by molar-refractivity contribution is 5.97. The summed E-state index contributed by atoms with van der Waals surface area (Å²) >= 11 is 0. The van der Waals surface area contributed by atoms with Crippen LogP contribution in [0.4, 0.5) is 0 Å². The van der Waals surface area contributed by atoms with E-state index in [0.29, 0.717) is 22.6 Å². The number of nitrogens with zero attached hydrogens (tertiary/aromatic N) is 3. The first-order valence-corrected chi connectivity index (χ1v) is 6.00. The lowest BCUT2D eigenvalue weighted by atomic mass is 10.0. The van der Waals surface area contributed by atoms with Crippen molar-refractivity contribution in [2.75, 3.05) is 14.2 Å². The number of esters is 1. The Bertz CT molecular complexity index is 656. The maximum atomic E-state index is 11.9. The summed E-state index contributed by atoms with van der Waals surface area (Å²) in [6, 6.07) is 3.61. The van der Waals surface area contributed by atoms with Crippen LogP contribution in [-0.4, -0.2) is 35.4 Å². The zero-order valence-corrected chi connectivity index (χ0v) is 11.8. The molecule has 0 bridgehead atoms. The third kappa shape index (κ3) is 2.59. The van der Waals surface area contributed by atoms with Gasteiger partial charge in [-0.05, 0) is 26.0 Å². The van der Waals surface area contributed by atoms with E-state index in [-0.39, 0.29) is 0 Å². The molecule has 2 rings (SSSR count). The van der Waals surface area contributed by atoms with Crippen molar-refractivity contribution in [2.24, 2.45) is 0 Å². The van der Waals surface area contributed by atoms with Crippen LogP contribution in [-0.2, 0) is 4.74 Å². The van der Waals surface area contributed by atoms with Crippen LogP contribution in [0.5, 0.6) is 5.88 Å². The van der Waals surface area contributed by atoms with Gasteiger partial charge in [0.25, 0.3) is 0 Å². The standard InChI is InChI=1S/C14H15N3O3/c1-8-5-10(12(7-15-8)14(18)20-4)11-6-9(2)16-17-13(11)19-3/h5-7H,1-4H3. The lowest BCUT2D eigenvalue weighted by Crippen LogP contribution is -2.06. The van der Waals surface area contributed by atoms with E-state index in [4.69, 9.17) is 9.47 Å². The van der Waals surface area contributed by atoms with E-state index in [9.17, 15) is 4.79 Å². The quantitative estimate of drug-likeness (QED) is 0.796. The third-order valence-electron chi connectivity index (χ3n) is 2.81. The van der Waals surface area contributed by atoms with Crippen LogP contribution < -0.4 is 4.74 Å². The van der Waals surface area contributed by atoms with Gasteiger partial charge in [-0.2, -0.15) is 5.10 Å². The second-order valence-corrected chi connectivity index (χ2v) is 4.27. The van der Waals surface area contributed by atoms with Crippen molar-refractivity contribution in [1.82, 2.24) is 15.2 Å². The van der Waals surface area contributed by atoms with Crippen molar-refractivity contribution < 1.29 is 14.3 Å². The summed E-state index contributed by atoms with van der Waals surface area (Å²) in [5.41, 5.74) is 3.23. The number of pyridine rings is 1. The first-order chi connectivity index (χ1) is 9.56. The molecular formula is C14H15N3O3. The molecule has 0 aliphatic rings. The number of aryl methyl sites for hydroxylation is 2. The molecule has 6 nitrogen and oxygen atoms in total. The minimum Gasteiger partial charge on any atom is -0.479 e. The minimum atomic E-state index is -0.455. The molecule has 0 saturated heterocycles. The van der Waals surface area contributed by atoms with Gasteiger partial charge in [-0.25, -0.2) is 4.79 Å². The molecule has 0 saturated carbocycles. The molecule has 6 heteroatoms. The zero-order valence-electron chi connectivity index (χ0n) is 11.8. The summed E-state index contributed by atoms with van der Waals surface area (Å²) in [6.45, 7) is 3.67. The van der Waals surface area contributed by atoms with Gasteiger partial charge in [0, 0.05) is 23.0 Å². The Balaban J connectivity index is 2.71. The molecule has 0 atom stereocenters. The topological polar surface area (TPSA) is 74.2 Å². The van der Waals surface area contributed by atoms with Gasteiger partial charge in [0.15, 0.2) is 0 Å². The fourth-order valence-electron chi connectivity index (χ4n) is 1.88. The van der Waals surface area contributed by atoms with Gasteiger partial charge in [-0.3, -0.25) is 4.98 Å². The highest BCUT2D eigenvalue weighted by Gasteiger charge is 2.18. The summed E-state index contributed by atoms with van der Waals surface area (Å²) in [7, 11) is 2.84. The zero-order chi connectivity index (χ0) is 14.7. The smallest absolute Gasteiger partial charge is 0.340 e. The van der Waals surface area contributed by atoms with E-state index in [2.05, 4.69) is 15.2 Å². The van der Waals surface area contributed by atoms with Crippen LogP contribution in [0.15, 0.2) is 18.3 Å². The Morgan fingerprint density at radius 3 is 2.40 bits per heavy atom. The maximum Gasteiger partial charge on any atom is 0.340 e. The first kappa shape index (κ1) is 13.9. The molecular weight excluding hydrogens is 258 g/mol. The molecule has 0 fully saturated rings. The molecule has 2 aromatic heterocycles. The second-order valence-electron chi connectivity index (χ2n) is 4.27. The molecule has 0 spiro atoms. The van der Waals surface area contributed by atoms with Crippen LogP contribution in [0, 0.1) is 13.8 Å². The van der Waals surface area contributed by atoms with E-state index in [1.54, 1.807) is 6.07 Å². The van der Waals surface area contributed by atoms with Gasteiger partial charge >= 0.3 is 5.97 Å². The fraction of sp³-hybridized carbons (Fsp3) is 0.286. The summed E-state index contributed by atoms with van der Waals surface area (Å²) in [4.78, 5) is 16.0. The van der Waals surface area contributed by atoms with Gasteiger partial charge in [-0.1, -0.05) is 0 Å². The van der Waals surface area contributed by atoms with Crippen LogP contribution >= 0.6 is 0 Å². The number of carbonyl (C=O) groups excluding carboxylic acids is 1. The summed E-state index contributed by atoms with van der Waals surface area (Å²) in [5.74, 6) is -0.102. The average molecular weight is 273 g/mol. The third-order valence-corrected chi connectivity index (χ3v) is 2.81. The fourth-order valence-corrected chi connectivity index (χ4v) is 1.88. The first-order valence-electron chi connectivity index (χ1n) is 6.00. The number of rotatable bonds is 3. The van der Waals surface area contributed by atoms with E-state index >= 15 is 0 Å². The SMILES string of the molecule is COC(=O)c1cnc(C)cc1-c1cc(C)nnc1OC. The Kier molecular flexibility index (Phi) is 3.93. The number of hydrogen-bond acceptors (Lipinski definition) is 6. The monoisotopic (exact) mass is 273 g/mol. The molecule has 0 aromatic carbocycles. The summed E-state index contributed by atoms with van der Waals surface area (Å²) in [6.07, 6.45) is 1.49. The Hall–Kier alpha value is -2.50. The summed E-state index contributed by atoms with van der Waals surface area (Å²) < 4.78 is 10.0. The van der Waals surface area contributed by atoms with Gasteiger partial charge in [0.2, 0.25) is 5.88 Å². The molecule has 0 aliphatic carbocycles. The second kappa shape index (κ2) is 5.64. The minimum absolute atomic E-state index is 0.353. The highest BCUT2D eigenvalue weighted by atomic mass is 16.5. The molecule has 0 radical (unpaired) electrons. The van der Waals surface area contributed by atoms with Crippen LogP contribution in [0.25, 0.3) is 11.1 Å². The number of aromatic nitrogens is 3. The Morgan fingerprint density at radius 1 is 1.05 bits per heavy atom. The Labute approximate surface area is 116 Å². The number of hydrogen-bond donors (Lipinski definition) is 0. The van der Waals surface area contributed by atoms with Gasteiger partial charge in [0.1, 0.15) is 0 Å². The maximum absolute atomic E-state index is 11.9.